The number of amides is 1. The number of nitrogens with one attached hydrogen (secondary N) is 1. The Morgan fingerprint density at radius 2 is 1.71 bits per heavy atom. The van der Waals surface area contributed by atoms with Crippen LogP contribution in [-0.2, 0) is 17.8 Å². The second-order valence-electron chi connectivity index (χ2n) is 8.95. The number of benzene rings is 2. The fraction of sp³-hybridized carbons (Fsp3) is 0.100. The minimum Gasteiger partial charge on any atom is -0.352 e. The van der Waals surface area contributed by atoms with Gasteiger partial charge in [0.25, 0.3) is 0 Å². The van der Waals surface area contributed by atoms with Crippen LogP contribution in [0.1, 0.15) is 17.0 Å². The first-order chi connectivity index (χ1) is 18.2. The molecule has 188 valence electrons. The lowest BCUT2D eigenvalue weighted by molar-refractivity contribution is -0.120. The van der Waals surface area contributed by atoms with Crippen LogP contribution in [0.25, 0.3) is 38.9 Å². The van der Waals surface area contributed by atoms with Gasteiger partial charge in [-0.1, -0.05) is 60.7 Å². The Hall–Kier alpha value is -4.62. The van der Waals surface area contributed by atoms with E-state index in [2.05, 4.69) is 50.8 Å². The van der Waals surface area contributed by atoms with Gasteiger partial charge in [0.1, 0.15) is 5.82 Å². The third kappa shape index (κ3) is 4.96. The molecule has 7 nitrogen and oxygen atoms in total. The Bertz CT molecular complexity index is 1720. The van der Waals surface area contributed by atoms with Gasteiger partial charge in [-0.3, -0.25) is 14.2 Å². The first kappa shape index (κ1) is 25.0. The van der Waals surface area contributed by atoms with Gasteiger partial charge in [-0.2, -0.15) is 0 Å². The lowest BCUT2D eigenvalue weighted by Crippen LogP contribution is -2.24. The van der Waals surface area contributed by atoms with E-state index in [9.17, 15) is 4.79 Å². The molecule has 6 aromatic rings. The standard InChI is InChI=1S/C30H24N6O.ClH/c1-20-34-35-30-26-17-25(23-7-3-2-4-8-23)29(33-27(26)13-15-36(20)30)24-11-9-21(10-12-24)19-32-28(37)16-22-6-5-14-31-18-22;/h2-15,17-18H,16,19H2,1H3,(H,32,37);1H. The largest absolute Gasteiger partial charge is 0.352 e. The molecule has 4 heterocycles. The third-order valence-corrected chi connectivity index (χ3v) is 6.43. The van der Waals surface area contributed by atoms with Gasteiger partial charge in [-0.25, -0.2) is 4.98 Å². The number of hydrogen-bond donors (Lipinski definition) is 1. The van der Waals surface area contributed by atoms with Crippen molar-refractivity contribution in [2.45, 2.75) is 19.9 Å². The minimum atomic E-state index is -0.0327. The van der Waals surface area contributed by atoms with Gasteiger partial charge in [-0.05, 0) is 41.8 Å². The van der Waals surface area contributed by atoms with E-state index in [0.717, 1.165) is 55.9 Å². The molecule has 0 saturated heterocycles. The van der Waals surface area contributed by atoms with Gasteiger partial charge in [0.2, 0.25) is 5.91 Å². The molecule has 0 aliphatic carbocycles. The van der Waals surface area contributed by atoms with Crippen molar-refractivity contribution in [3.8, 4) is 22.4 Å². The highest BCUT2D eigenvalue weighted by Gasteiger charge is 2.15. The van der Waals surface area contributed by atoms with Gasteiger partial charge in [0.05, 0.1) is 17.6 Å². The molecule has 0 unspecified atom stereocenters. The Kier molecular flexibility index (Phi) is 7.11. The number of carbonyl (C=O) groups is 1. The second kappa shape index (κ2) is 10.8. The Labute approximate surface area is 226 Å². The smallest absolute Gasteiger partial charge is 0.224 e. The second-order valence-corrected chi connectivity index (χ2v) is 8.95. The molecule has 0 atom stereocenters. The van der Waals surface area contributed by atoms with E-state index in [4.69, 9.17) is 4.98 Å². The topological polar surface area (TPSA) is 85.1 Å². The van der Waals surface area contributed by atoms with Crippen LogP contribution >= 0.6 is 12.4 Å². The van der Waals surface area contributed by atoms with Gasteiger partial charge < -0.3 is 5.32 Å². The van der Waals surface area contributed by atoms with Crippen molar-refractivity contribution in [2.75, 3.05) is 0 Å². The normalized spacial score (nSPS) is 10.9. The van der Waals surface area contributed by atoms with E-state index in [0.29, 0.717) is 13.0 Å². The number of aromatic nitrogens is 5. The molecule has 8 heteroatoms. The monoisotopic (exact) mass is 520 g/mol. The maximum Gasteiger partial charge on any atom is 0.224 e. The molecule has 2 aromatic carbocycles. The van der Waals surface area contributed by atoms with E-state index >= 15 is 0 Å². The molecular formula is C30H25ClN6O. The number of rotatable bonds is 6. The summed E-state index contributed by atoms with van der Waals surface area (Å²) in [5.74, 6) is 0.806. The summed E-state index contributed by atoms with van der Waals surface area (Å²) >= 11 is 0. The summed E-state index contributed by atoms with van der Waals surface area (Å²) < 4.78 is 1.98. The van der Waals surface area contributed by atoms with Crippen LogP contribution in [-0.4, -0.2) is 30.5 Å². The van der Waals surface area contributed by atoms with Crippen LogP contribution in [0.2, 0.25) is 0 Å². The first-order valence-corrected chi connectivity index (χ1v) is 12.1. The zero-order chi connectivity index (χ0) is 25.2. The molecular weight excluding hydrogens is 496 g/mol. The number of carbonyl (C=O) groups excluding carboxylic acids is 1. The van der Waals surface area contributed by atoms with Crippen LogP contribution in [0.4, 0.5) is 0 Å². The Morgan fingerprint density at radius 1 is 0.895 bits per heavy atom. The lowest BCUT2D eigenvalue weighted by Gasteiger charge is -2.13. The molecule has 0 aliphatic rings. The summed E-state index contributed by atoms with van der Waals surface area (Å²) in [7, 11) is 0. The van der Waals surface area contributed by atoms with E-state index in [1.165, 1.54) is 0 Å². The van der Waals surface area contributed by atoms with E-state index in [1.54, 1.807) is 12.4 Å². The van der Waals surface area contributed by atoms with Gasteiger partial charge in [0, 0.05) is 41.6 Å². The third-order valence-electron chi connectivity index (χ3n) is 6.43. The number of nitrogens with zero attached hydrogens (tertiary/aromatic N) is 5. The maximum absolute atomic E-state index is 12.3. The summed E-state index contributed by atoms with van der Waals surface area (Å²) in [6.07, 6.45) is 5.69. The van der Waals surface area contributed by atoms with Crippen LogP contribution < -0.4 is 5.32 Å². The molecule has 0 bridgehead atoms. The summed E-state index contributed by atoms with van der Waals surface area (Å²) in [5, 5.41) is 12.6. The Balaban J connectivity index is 0.00000294. The molecule has 0 spiro atoms. The highest BCUT2D eigenvalue weighted by atomic mass is 35.5. The molecule has 0 aliphatic heterocycles. The maximum atomic E-state index is 12.3. The van der Waals surface area contributed by atoms with Crippen LogP contribution in [0, 0.1) is 6.92 Å². The predicted octanol–water partition coefficient (Wildman–Crippen LogP) is 5.60. The van der Waals surface area contributed by atoms with Crippen molar-refractivity contribution in [1.29, 1.82) is 0 Å². The highest BCUT2D eigenvalue weighted by Crippen LogP contribution is 2.34. The summed E-state index contributed by atoms with van der Waals surface area (Å²) in [5.41, 5.74) is 7.58. The number of hydrogen-bond acceptors (Lipinski definition) is 5. The van der Waals surface area contributed by atoms with Crippen molar-refractivity contribution < 1.29 is 4.79 Å². The van der Waals surface area contributed by atoms with Crippen molar-refractivity contribution in [1.82, 2.24) is 29.9 Å². The molecule has 38 heavy (non-hydrogen) atoms. The number of pyridine rings is 3. The fourth-order valence-electron chi connectivity index (χ4n) is 4.50. The van der Waals surface area contributed by atoms with Crippen molar-refractivity contribution in [3.05, 3.63) is 114 Å². The molecule has 0 fully saturated rings. The zero-order valence-corrected chi connectivity index (χ0v) is 21.5. The van der Waals surface area contributed by atoms with Gasteiger partial charge in [-0.15, -0.1) is 22.6 Å². The fourth-order valence-corrected chi connectivity index (χ4v) is 4.50. The number of halogens is 1. The zero-order valence-electron chi connectivity index (χ0n) is 20.7. The summed E-state index contributed by atoms with van der Waals surface area (Å²) in [6.45, 7) is 2.40. The SMILES string of the molecule is Cc1nnc2c3cc(-c4ccccc4)c(-c4ccc(CNC(=O)Cc5cccnc5)cc4)nc3ccn12.Cl. The van der Waals surface area contributed by atoms with Crippen molar-refractivity contribution >= 4 is 34.9 Å². The molecule has 0 radical (unpaired) electrons. The molecule has 6 rings (SSSR count). The molecule has 1 N–H and O–H groups in total. The average molecular weight is 521 g/mol. The van der Waals surface area contributed by atoms with Gasteiger partial charge >= 0.3 is 0 Å². The van der Waals surface area contributed by atoms with Crippen molar-refractivity contribution in [2.24, 2.45) is 0 Å². The lowest BCUT2D eigenvalue weighted by atomic mass is 9.97. The molecule has 0 saturated carbocycles. The average Bonchev–Trinajstić information content (AvgIpc) is 3.33. The van der Waals surface area contributed by atoms with Crippen LogP contribution in [0.3, 0.4) is 0 Å². The quantitative estimate of drug-likeness (QED) is 0.309. The van der Waals surface area contributed by atoms with E-state index in [1.807, 2.05) is 66.1 Å². The predicted molar refractivity (Wildman–Crippen MR) is 151 cm³/mol. The van der Waals surface area contributed by atoms with Crippen LogP contribution in [0.5, 0.6) is 0 Å². The number of fused-ring (bicyclic) bond motifs is 3. The Morgan fingerprint density at radius 3 is 2.47 bits per heavy atom. The minimum absolute atomic E-state index is 0. The first-order valence-electron chi connectivity index (χ1n) is 12.1. The van der Waals surface area contributed by atoms with E-state index < -0.39 is 0 Å². The number of aryl methyl sites for hydroxylation is 1. The highest BCUT2D eigenvalue weighted by molar-refractivity contribution is 5.98. The molecule has 1 amide bonds. The van der Waals surface area contributed by atoms with Crippen LogP contribution in [0.15, 0.2) is 97.5 Å². The summed E-state index contributed by atoms with van der Waals surface area (Å²) in [4.78, 5) is 21.5. The van der Waals surface area contributed by atoms with Gasteiger partial charge in [0.15, 0.2) is 5.65 Å². The van der Waals surface area contributed by atoms with E-state index in [-0.39, 0.29) is 18.3 Å². The molecule has 4 aromatic heterocycles. The van der Waals surface area contributed by atoms with Crippen molar-refractivity contribution in [3.63, 3.8) is 0 Å². The summed E-state index contributed by atoms with van der Waals surface area (Å²) in [6, 6.07) is 26.3.